The molecular formula is C57H38N6. The smallest absolute Gasteiger partial charge is 0.160 e. The van der Waals surface area contributed by atoms with E-state index in [1.54, 1.807) is 0 Å². The maximum absolute atomic E-state index is 5.28. The lowest BCUT2D eigenvalue weighted by molar-refractivity contribution is 1.16. The number of hydrogen-bond donors (Lipinski definition) is 0. The third kappa shape index (κ3) is 6.35. The lowest BCUT2D eigenvalue weighted by Crippen LogP contribution is -1.97. The van der Waals surface area contributed by atoms with Crippen LogP contribution in [0.4, 0.5) is 0 Å². The highest BCUT2D eigenvalue weighted by atomic mass is 15.0. The molecule has 0 saturated carbocycles. The maximum atomic E-state index is 5.28. The minimum absolute atomic E-state index is 0.663. The van der Waals surface area contributed by atoms with Crippen molar-refractivity contribution in [1.82, 2.24) is 29.1 Å². The van der Waals surface area contributed by atoms with Crippen molar-refractivity contribution < 1.29 is 0 Å². The Morgan fingerprint density at radius 1 is 0.317 bits per heavy atom. The summed E-state index contributed by atoms with van der Waals surface area (Å²) in [5, 5.41) is 4.63. The minimum atomic E-state index is 0.663. The number of aromatic nitrogens is 6. The van der Waals surface area contributed by atoms with Gasteiger partial charge in [0.1, 0.15) is 0 Å². The van der Waals surface area contributed by atoms with Gasteiger partial charge in [-0.25, -0.2) is 9.97 Å². The molecule has 5 heterocycles. The standard InChI is InChI=1S/C57H38N6/c1-37-26-27-54-46(28-37)48-33-50(59-36-56(48)63(54)44-22-12-5-13-23-44)41-29-40(49-32-47-45-24-14-15-25-53(45)62(55(47)35-58-49)43-20-10-4-11-21-43)30-42(31-41)52-34-51(38-16-6-2-7-17-38)60-57(61-52)39-18-8-3-9-19-39/h2-36H,1H3. The van der Waals surface area contributed by atoms with E-state index >= 15 is 0 Å². The van der Waals surface area contributed by atoms with E-state index in [9.17, 15) is 0 Å². The molecule has 0 radical (unpaired) electrons. The molecule has 0 bridgehead atoms. The topological polar surface area (TPSA) is 61.4 Å². The molecule has 63 heavy (non-hydrogen) atoms. The van der Waals surface area contributed by atoms with Gasteiger partial charge in [0.15, 0.2) is 5.82 Å². The van der Waals surface area contributed by atoms with Gasteiger partial charge in [-0.3, -0.25) is 9.97 Å². The molecule has 12 rings (SSSR count). The largest absolute Gasteiger partial charge is 0.308 e. The van der Waals surface area contributed by atoms with Crippen LogP contribution in [0.1, 0.15) is 5.56 Å². The molecule has 0 amide bonds. The first-order valence-electron chi connectivity index (χ1n) is 21.2. The fourth-order valence-corrected chi connectivity index (χ4v) is 9.07. The number of nitrogens with zero attached hydrogens (tertiary/aromatic N) is 6. The summed E-state index contributed by atoms with van der Waals surface area (Å²) in [4.78, 5) is 20.8. The molecule has 0 N–H and O–H groups in total. The fraction of sp³-hybridized carbons (Fsp3) is 0.0175. The molecule has 296 valence electrons. The number of benzene rings is 7. The lowest BCUT2D eigenvalue weighted by atomic mass is 9.97. The molecule has 7 aromatic carbocycles. The zero-order valence-electron chi connectivity index (χ0n) is 34.4. The van der Waals surface area contributed by atoms with Crippen molar-refractivity contribution in [2.45, 2.75) is 6.92 Å². The first-order chi connectivity index (χ1) is 31.1. The Bertz CT molecular complexity index is 3610. The molecule has 0 aliphatic rings. The van der Waals surface area contributed by atoms with Crippen molar-refractivity contribution in [3.63, 3.8) is 0 Å². The average molecular weight is 807 g/mol. The number of rotatable bonds is 7. The predicted octanol–water partition coefficient (Wildman–Crippen LogP) is 14.1. The van der Waals surface area contributed by atoms with Gasteiger partial charge >= 0.3 is 0 Å². The third-order valence-corrected chi connectivity index (χ3v) is 12.0. The summed E-state index contributed by atoms with van der Waals surface area (Å²) in [6.45, 7) is 2.15. The fourth-order valence-electron chi connectivity index (χ4n) is 9.07. The van der Waals surface area contributed by atoms with E-state index in [1.807, 2.05) is 48.8 Å². The van der Waals surface area contributed by atoms with Gasteiger partial charge in [-0.2, -0.15) is 0 Å². The lowest BCUT2D eigenvalue weighted by Gasteiger charge is -2.13. The van der Waals surface area contributed by atoms with E-state index in [4.69, 9.17) is 19.9 Å². The molecule has 0 fully saturated rings. The van der Waals surface area contributed by atoms with Crippen molar-refractivity contribution >= 4 is 43.6 Å². The van der Waals surface area contributed by atoms with E-state index in [-0.39, 0.29) is 0 Å². The Labute approximate surface area is 364 Å². The molecule has 0 saturated heterocycles. The van der Waals surface area contributed by atoms with E-state index in [0.29, 0.717) is 5.82 Å². The van der Waals surface area contributed by atoms with Gasteiger partial charge in [0.25, 0.3) is 0 Å². The van der Waals surface area contributed by atoms with E-state index in [0.717, 1.165) is 94.8 Å². The summed E-state index contributed by atoms with van der Waals surface area (Å²) in [6, 6.07) is 70.1. The van der Waals surface area contributed by atoms with Crippen LogP contribution in [0.15, 0.2) is 213 Å². The second-order valence-electron chi connectivity index (χ2n) is 16.0. The van der Waals surface area contributed by atoms with Gasteiger partial charge in [-0.1, -0.05) is 127 Å². The molecule has 0 aliphatic carbocycles. The molecule has 0 atom stereocenters. The second-order valence-corrected chi connectivity index (χ2v) is 16.0. The summed E-state index contributed by atoms with van der Waals surface area (Å²) in [6.07, 6.45) is 4.04. The number of pyridine rings is 2. The number of fused-ring (bicyclic) bond motifs is 6. The van der Waals surface area contributed by atoms with Crippen molar-refractivity contribution in [1.29, 1.82) is 0 Å². The molecule has 5 aromatic heterocycles. The first-order valence-corrected chi connectivity index (χ1v) is 21.2. The van der Waals surface area contributed by atoms with E-state index in [1.165, 1.54) is 16.3 Å². The zero-order chi connectivity index (χ0) is 41.9. The first kappa shape index (κ1) is 36.4. The highest BCUT2D eigenvalue weighted by Crippen LogP contribution is 2.39. The number of aryl methyl sites for hydroxylation is 1. The van der Waals surface area contributed by atoms with Crippen LogP contribution in [0.2, 0.25) is 0 Å². The van der Waals surface area contributed by atoms with Gasteiger partial charge in [0.05, 0.1) is 57.2 Å². The molecule has 6 nitrogen and oxygen atoms in total. The Morgan fingerprint density at radius 3 is 1.35 bits per heavy atom. The van der Waals surface area contributed by atoms with Crippen molar-refractivity contribution in [2.24, 2.45) is 0 Å². The van der Waals surface area contributed by atoms with Crippen LogP contribution in [0.25, 0.3) is 111 Å². The highest BCUT2D eigenvalue weighted by Gasteiger charge is 2.19. The van der Waals surface area contributed by atoms with Crippen LogP contribution >= 0.6 is 0 Å². The summed E-state index contributed by atoms with van der Waals surface area (Å²) in [7, 11) is 0. The van der Waals surface area contributed by atoms with Crippen molar-refractivity contribution in [3.05, 3.63) is 218 Å². The Balaban J connectivity index is 1.10. The van der Waals surface area contributed by atoms with Crippen molar-refractivity contribution in [3.8, 4) is 67.8 Å². The Morgan fingerprint density at radius 2 is 0.762 bits per heavy atom. The summed E-state index contributed by atoms with van der Waals surface area (Å²) >= 11 is 0. The SMILES string of the molecule is Cc1ccc2c(c1)c1cc(-c3cc(-c4cc5c6ccccc6n(-c6ccccc6)c5cn4)cc(-c4cc(-c5ccccc5)nc(-c5ccccc5)n4)c3)ncc1n2-c1ccccc1. The third-order valence-electron chi connectivity index (χ3n) is 12.0. The summed E-state index contributed by atoms with van der Waals surface area (Å²) < 4.78 is 4.61. The van der Waals surface area contributed by atoms with Gasteiger partial charge in [0, 0.05) is 60.7 Å². The molecule has 0 unspecified atom stereocenters. The van der Waals surface area contributed by atoms with Crippen LogP contribution in [0.3, 0.4) is 0 Å². The van der Waals surface area contributed by atoms with Crippen molar-refractivity contribution in [2.75, 3.05) is 0 Å². The molecule has 0 spiro atoms. The van der Waals surface area contributed by atoms with Crippen LogP contribution < -0.4 is 0 Å². The predicted molar refractivity (Wildman–Crippen MR) is 258 cm³/mol. The Hall–Kier alpha value is -8.48. The number of para-hydroxylation sites is 3. The molecule has 0 aliphatic heterocycles. The van der Waals surface area contributed by atoms with Crippen LogP contribution in [0, 0.1) is 6.92 Å². The van der Waals surface area contributed by atoms with Gasteiger partial charge in [-0.05, 0) is 85.8 Å². The molecular weight excluding hydrogens is 769 g/mol. The van der Waals surface area contributed by atoms with E-state index in [2.05, 4.69) is 180 Å². The second kappa shape index (κ2) is 14.9. The summed E-state index contributed by atoms with van der Waals surface area (Å²) in [5.74, 6) is 0.663. The summed E-state index contributed by atoms with van der Waals surface area (Å²) in [5.41, 5.74) is 16.0. The van der Waals surface area contributed by atoms with Gasteiger partial charge in [0.2, 0.25) is 0 Å². The van der Waals surface area contributed by atoms with E-state index < -0.39 is 0 Å². The maximum Gasteiger partial charge on any atom is 0.160 e. The Kier molecular flexibility index (Phi) is 8.61. The van der Waals surface area contributed by atoms with Crippen LogP contribution in [-0.4, -0.2) is 29.1 Å². The quantitative estimate of drug-likeness (QED) is 0.161. The zero-order valence-corrected chi connectivity index (χ0v) is 34.4. The van der Waals surface area contributed by atoms with Crippen LogP contribution in [-0.2, 0) is 0 Å². The average Bonchev–Trinajstić information content (AvgIpc) is 3.86. The monoisotopic (exact) mass is 806 g/mol. The minimum Gasteiger partial charge on any atom is -0.308 e. The van der Waals surface area contributed by atoms with Gasteiger partial charge < -0.3 is 9.13 Å². The normalized spacial score (nSPS) is 11.6. The van der Waals surface area contributed by atoms with Crippen LogP contribution in [0.5, 0.6) is 0 Å². The number of hydrogen-bond acceptors (Lipinski definition) is 4. The highest BCUT2D eigenvalue weighted by molar-refractivity contribution is 6.11. The van der Waals surface area contributed by atoms with Gasteiger partial charge in [-0.15, -0.1) is 0 Å². The molecule has 12 aromatic rings. The molecule has 6 heteroatoms.